The van der Waals surface area contributed by atoms with Crippen LogP contribution in [0.25, 0.3) is 0 Å². The second-order valence-corrected chi connectivity index (χ2v) is 5.40. The van der Waals surface area contributed by atoms with Crippen molar-refractivity contribution >= 4 is 17.4 Å². The van der Waals surface area contributed by atoms with Crippen LogP contribution in [0.3, 0.4) is 0 Å². The summed E-state index contributed by atoms with van der Waals surface area (Å²) in [5.74, 6) is 0.528. The molecule has 1 amide bonds. The van der Waals surface area contributed by atoms with E-state index in [9.17, 15) is 9.59 Å². The highest BCUT2D eigenvalue weighted by molar-refractivity contribution is 5.86. The van der Waals surface area contributed by atoms with Gasteiger partial charge in [-0.15, -0.1) is 0 Å². The van der Waals surface area contributed by atoms with E-state index >= 15 is 0 Å². The molecule has 114 valence electrons. The molecule has 2 aliphatic heterocycles. The molecule has 0 radical (unpaired) electrons. The Morgan fingerprint density at radius 2 is 2.10 bits per heavy atom. The zero-order valence-corrected chi connectivity index (χ0v) is 11.8. The van der Waals surface area contributed by atoms with Crippen LogP contribution >= 0.6 is 0 Å². The van der Waals surface area contributed by atoms with E-state index in [4.69, 9.17) is 5.73 Å². The molecule has 2 saturated heterocycles. The van der Waals surface area contributed by atoms with Gasteiger partial charge in [-0.2, -0.15) is 0 Å². The minimum Gasteiger partial charge on any atom is -0.391 e. The fourth-order valence-corrected chi connectivity index (χ4v) is 3.00. The molecule has 21 heavy (non-hydrogen) atoms. The molecule has 2 fully saturated rings. The van der Waals surface area contributed by atoms with Crippen molar-refractivity contribution in [2.45, 2.75) is 18.9 Å². The fraction of sp³-hybridized carbons (Fsp3) is 0.615. The van der Waals surface area contributed by atoms with Crippen molar-refractivity contribution in [3.63, 3.8) is 0 Å². The molecule has 0 saturated carbocycles. The first-order valence-corrected chi connectivity index (χ1v) is 7.28. The maximum absolute atomic E-state index is 12.7. The summed E-state index contributed by atoms with van der Waals surface area (Å²) < 4.78 is 0. The van der Waals surface area contributed by atoms with Gasteiger partial charge in [0.2, 0.25) is 5.91 Å². The first-order chi connectivity index (χ1) is 10.2. The Kier molecular flexibility index (Phi) is 3.78. The number of H-pyrrole nitrogens is 1. The number of hydrogen-bond donors (Lipinski definition) is 3. The Hall–Kier alpha value is -2.09. The minimum atomic E-state index is -0.361. The lowest BCUT2D eigenvalue weighted by atomic mass is 10.1. The summed E-state index contributed by atoms with van der Waals surface area (Å²) in [5.41, 5.74) is 5.54. The minimum absolute atomic E-state index is 0.0810. The van der Waals surface area contributed by atoms with Crippen molar-refractivity contribution in [2.24, 2.45) is 0 Å². The van der Waals surface area contributed by atoms with Gasteiger partial charge < -0.3 is 25.8 Å². The van der Waals surface area contributed by atoms with Crippen molar-refractivity contribution in [1.82, 2.24) is 20.2 Å². The van der Waals surface area contributed by atoms with Crippen LogP contribution in [0.2, 0.25) is 0 Å². The smallest absolute Gasteiger partial charge is 0.276 e. The SMILES string of the molecule is Nc1c(N2CCCC2C(=O)N2CCNCC2)nc[nH]c1=O. The van der Waals surface area contributed by atoms with E-state index in [0.29, 0.717) is 12.4 Å². The fourth-order valence-electron chi connectivity index (χ4n) is 3.00. The van der Waals surface area contributed by atoms with Crippen LogP contribution in [0.1, 0.15) is 12.8 Å². The van der Waals surface area contributed by atoms with E-state index < -0.39 is 0 Å². The van der Waals surface area contributed by atoms with Gasteiger partial charge in [-0.3, -0.25) is 9.59 Å². The third-order valence-electron chi connectivity index (χ3n) is 4.11. The number of carbonyl (C=O) groups is 1. The molecule has 3 rings (SSSR count). The number of carbonyl (C=O) groups excluding carboxylic acids is 1. The van der Waals surface area contributed by atoms with Crippen LogP contribution in [0.5, 0.6) is 0 Å². The molecule has 0 aliphatic carbocycles. The Labute approximate surface area is 122 Å². The molecule has 8 nitrogen and oxygen atoms in total. The number of rotatable bonds is 2. The second kappa shape index (κ2) is 5.72. The molecular formula is C13H20N6O2. The number of nitrogens with two attached hydrogens (primary N) is 1. The van der Waals surface area contributed by atoms with Crippen LogP contribution in [-0.2, 0) is 4.79 Å². The Morgan fingerprint density at radius 3 is 2.86 bits per heavy atom. The van der Waals surface area contributed by atoms with E-state index in [0.717, 1.165) is 39.0 Å². The number of amides is 1. The third kappa shape index (κ3) is 2.58. The number of aromatic amines is 1. The lowest BCUT2D eigenvalue weighted by molar-refractivity contribution is -0.133. The molecule has 0 aromatic carbocycles. The number of nitrogen functional groups attached to an aromatic ring is 1. The number of hydrogen-bond acceptors (Lipinski definition) is 6. The van der Waals surface area contributed by atoms with Crippen LogP contribution in [0.4, 0.5) is 11.5 Å². The van der Waals surface area contributed by atoms with E-state index in [1.165, 1.54) is 6.33 Å². The highest BCUT2D eigenvalue weighted by Gasteiger charge is 2.35. The summed E-state index contributed by atoms with van der Waals surface area (Å²) in [5, 5.41) is 3.23. The summed E-state index contributed by atoms with van der Waals surface area (Å²) in [6.07, 6.45) is 3.01. The average molecular weight is 292 g/mol. The summed E-state index contributed by atoms with van der Waals surface area (Å²) in [6.45, 7) is 3.79. The quantitative estimate of drug-likeness (QED) is 0.629. The lowest BCUT2D eigenvalue weighted by Crippen LogP contribution is -2.52. The van der Waals surface area contributed by atoms with Gasteiger partial charge in [0, 0.05) is 32.7 Å². The van der Waals surface area contributed by atoms with Gasteiger partial charge in [-0.25, -0.2) is 4.98 Å². The van der Waals surface area contributed by atoms with E-state index in [-0.39, 0.29) is 23.2 Å². The maximum atomic E-state index is 12.7. The molecule has 8 heteroatoms. The third-order valence-corrected chi connectivity index (χ3v) is 4.11. The van der Waals surface area contributed by atoms with Crippen LogP contribution in [0, 0.1) is 0 Å². The van der Waals surface area contributed by atoms with Gasteiger partial charge in [-0.05, 0) is 12.8 Å². The molecular weight excluding hydrogens is 272 g/mol. The number of piperazine rings is 1. The zero-order chi connectivity index (χ0) is 14.8. The van der Waals surface area contributed by atoms with Gasteiger partial charge in [0.25, 0.3) is 5.56 Å². The van der Waals surface area contributed by atoms with Crippen molar-refractivity contribution in [3.8, 4) is 0 Å². The Morgan fingerprint density at radius 1 is 1.33 bits per heavy atom. The average Bonchev–Trinajstić information content (AvgIpc) is 2.99. The molecule has 1 aromatic rings. The highest BCUT2D eigenvalue weighted by atomic mass is 16.2. The van der Waals surface area contributed by atoms with Crippen molar-refractivity contribution in [3.05, 3.63) is 16.7 Å². The number of anilines is 2. The van der Waals surface area contributed by atoms with E-state index in [2.05, 4.69) is 15.3 Å². The van der Waals surface area contributed by atoms with Crippen LogP contribution < -0.4 is 21.5 Å². The van der Waals surface area contributed by atoms with Gasteiger partial charge in [-0.1, -0.05) is 0 Å². The zero-order valence-electron chi connectivity index (χ0n) is 11.8. The summed E-state index contributed by atoms with van der Waals surface area (Å²) >= 11 is 0. The maximum Gasteiger partial charge on any atom is 0.276 e. The molecule has 1 unspecified atom stereocenters. The summed E-state index contributed by atoms with van der Waals surface area (Å²) in [4.78, 5) is 34.7. The van der Waals surface area contributed by atoms with Crippen LogP contribution in [-0.4, -0.2) is 59.5 Å². The topological polar surface area (TPSA) is 107 Å². The van der Waals surface area contributed by atoms with Crippen LogP contribution in [0.15, 0.2) is 11.1 Å². The Bertz CT molecular complexity index is 580. The van der Waals surface area contributed by atoms with Gasteiger partial charge in [0.15, 0.2) is 5.82 Å². The van der Waals surface area contributed by atoms with Crippen molar-refractivity contribution in [2.75, 3.05) is 43.4 Å². The predicted octanol–water partition coefficient (Wildman–Crippen LogP) is -1.25. The molecule has 4 N–H and O–H groups in total. The molecule has 3 heterocycles. The summed E-state index contributed by atoms with van der Waals surface area (Å²) in [7, 11) is 0. The first kappa shape index (κ1) is 13.9. The largest absolute Gasteiger partial charge is 0.391 e. The predicted molar refractivity (Wildman–Crippen MR) is 79.1 cm³/mol. The standard InChI is InChI=1S/C13H20N6O2/c14-10-11(16-8-17-12(10)20)19-5-1-2-9(19)13(21)18-6-3-15-4-7-18/h8-9,15H,1-7,14H2,(H,16,17,20). The van der Waals surface area contributed by atoms with Gasteiger partial charge in [0.05, 0.1) is 6.33 Å². The molecule has 1 aromatic heterocycles. The molecule has 0 bridgehead atoms. The van der Waals surface area contributed by atoms with E-state index in [1.807, 2.05) is 9.80 Å². The summed E-state index contributed by atoms with van der Waals surface area (Å²) in [6, 6.07) is -0.264. The number of aromatic nitrogens is 2. The van der Waals surface area contributed by atoms with Gasteiger partial charge >= 0.3 is 0 Å². The van der Waals surface area contributed by atoms with Crippen molar-refractivity contribution < 1.29 is 4.79 Å². The first-order valence-electron chi connectivity index (χ1n) is 7.28. The number of nitrogens with zero attached hydrogens (tertiary/aromatic N) is 3. The monoisotopic (exact) mass is 292 g/mol. The van der Waals surface area contributed by atoms with Gasteiger partial charge in [0.1, 0.15) is 11.7 Å². The molecule has 0 spiro atoms. The Balaban J connectivity index is 1.83. The van der Waals surface area contributed by atoms with Crippen molar-refractivity contribution in [1.29, 1.82) is 0 Å². The normalized spacial score (nSPS) is 22.6. The highest BCUT2D eigenvalue weighted by Crippen LogP contribution is 2.27. The second-order valence-electron chi connectivity index (χ2n) is 5.40. The molecule has 2 aliphatic rings. The van der Waals surface area contributed by atoms with E-state index in [1.54, 1.807) is 0 Å². The number of nitrogens with one attached hydrogen (secondary N) is 2. The lowest BCUT2D eigenvalue weighted by Gasteiger charge is -2.33. The molecule has 1 atom stereocenters.